The van der Waals surface area contributed by atoms with Crippen LogP contribution >= 0.6 is 0 Å². The Morgan fingerprint density at radius 2 is 1.90 bits per heavy atom. The first-order valence-electron chi connectivity index (χ1n) is 7.10. The van der Waals surface area contributed by atoms with Crippen LogP contribution in [0.1, 0.15) is 38.3 Å². The Labute approximate surface area is 121 Å². The average molecular weight is 278 g/mol. The van der Waals surface area contributed by atoms with E-state index in [1.165, 1.54) is 10.5 Å². The van der Waals surface area contributed by atoms with Crippen LogP contribution in [0.15, 0.2) is 24.3 Å². The standard InChI is InChI=1S/C16H26N2O2/c1-5-16(2,3)14-8-6-13(7-9-14)12-17-15(20)18(4)10-11-19/h6-9,19H,5,10-12H2,1-4H3,(H,17,20). The van der Waals surface area contributed by atoms with E-state index >= 15 is 0 Å². The van der Waals surface area contributed by atoms with Gasteiger partial charge in [-0.3, -0.25) is 0 Å². The maximum Gasteiger partial charge on any atom is 0.317 e. The number of aliphatic hydroxyl groups is 1. The number of carbonyl (C=O) groups is 1. The fourth-order valence-electron chi connectivity index (χ4n) is 1.84. The minimum atomic E-state index is -0.169. The highest BCUT2D eigenvalue weighted by Gasteiger charge is 2.17. The highest BCUT2D eigenvalue weighted by atomic mass is 16.3. The molecular weight excluding hydrogens is 252 g/mol. The van der Waals surface area contributed by atoms with Gasteiger partial charge in [0.1, 0.15) is 0 Å². The van der Waals surface area contributed by atoms with Crippen LogP contribution in [0.25, 0.3) is 0 Å². The number of hydrogen-bond donors (Lipinski definition) is 2. The summed E-state index contributed by atoms with van der Waals surface area (Å²) in [7, 11) is 1.67. The summed E-state index contributed by atoms with van der Waals surface area (Å²) in [5, 5.41) is 11.6. The van der Waals surface area contributed by atoms with Gasteiger partial charge in [-0.2, -0.15) is 0 Å². The maximum atomic E-state index is 11.7. The first-order valence-corrected chi connectivity index (χ1v) is 7.10. The molecule has 0 spiro atoms. The lowest BCUT2D eigenvalue weighted by atomic mass is 9.82. The zero-order valence-corrected chi connectivity index (χ0v) is 12.9. The van der Waals surface area contributed by atoms with Crippen molar-refractivity contribution in [3.8, 4) is 0 Å². The number of rotatable bonds is 6. The number of nitrogens with one attached hydrogen (secondary N) is 1. The van der Waals surface area contributed by atoms with E-state index < -0.39 is 0 Å². The van der Waals surface area contributed by atoms with Crippen molar-refractivity contribution < 1.29 is 9.90 Å². The second kappa shape index (κ2) is 7.29. The molecule has 0 aliphatic carbocycles. The van der Waals surface area contributed by atoms with Gasteiger partial charge >= 0.3 is 6.03 Å². The van der Waals surface area contributed by atoms with Crippen LogP contribution in [-0.4, -0.2) is 36.2 Å². The predicted octanol–water partition coefficient (Wildman–Crippen LogP) is 2.51. The van der Waals surface area contributed by atoms with Crippen molar-refractivity contribution >= 4 is 6.03 Å². The van der Waals surface area contributed by atoms with Gasteiger partial charge in [0.2, 0.25) is 0 Å². The van der Waals surface area contributed by atoms with E-state index in [-0.39, 0.29) is 18.1 Å². The lowest BCUT2D eigenvalue weighted by molar-refractivity contribution is 0.190. The van der Waals surface area contributed by atoms with Gasteiger partial charge in [0.15, 0.2) is 0 Å². The molecule has 0 atom stereocenters. The largest absolute Gasteiger partial charge is 0.395 e. The van der Waals surface area contributed by atoms with E-state index in [4.69, 9.17) is 5.11 Å². The molecule has 0 bridgehead atoms. The van der Waals surface area contributed by atoms with Gasteiger partial charge in [0, 0.05) is 20.1 Å². The molecule has 1 aromatic rings. The Morgan fingerprint density at radius 3 is 2.40 bits per heavy atom. The number of benzene rings is 1. The van der Waals surface area contributed by atoms with Crippen LogP contribution in [-0.2, 0) is 12.0 Å². The zero-order chi connectivity index (χ0) is 15.2. The van der Waals surface area contributed by atoms with E-state index in [1.54, 1.807) is 7.05 Å². The Morgan fingerprint density at radius 1 is 1.30 bits per heavy atom. The van der Waals surface area contributed by atoms with Crippen LogP contribution < -0.4 is 5.32 Å². The highest BCUT2D eigenvalue weighted by molar-refractivity contribution is 5.73. The Kier molecular flexibility index (Phi) is 6.02. The van der Waals surface area contributed by atoms with E-state index in [2.05, 4.69) is 50.4 Å². The van der Waals surface area contributed by atoms with Crippen molar-refractivity contribution in [3.05, 3.63) is 35.4 Å². The van der Waals surface area contributed by atoms with Crippen molar-refractivity contribution in [1.29, 1.82) is 0 Å². The maximum absolute atomic E-state index is 11.7. The quantitative estimate of drug-likeness (QED) is 0.840. The minimum Gasteiger partial charge on any atom is -0.395 e. The van der Waals surface area contributed by atoms with Crippen LogP contribution in [0.3, 0.4) is 0 Å². The van der Waals surface area contributed by atoms with Crippen LogP contribution in [0.5, 0.6) is 0 Å². The third kappa shape index (κ3) is 4.53. The summed E-state index contributed by atoms with van der Waals surface area (Å²) in [6.07, 6.45) is 1.09. The highest BCUT2D eigenvalue weighted by Crippen LogP contribution is 2.26. The normalized spacial score (nSPS) is 11.2. The number of amides is 2. The van der Waals surface area contributed by atoms with Crippen molar-refractivity contribution in [2.24, 2.45) is 0 Å². The Balaban J connectivity index is 2.56. The lowest BCUT2D eigenvalue weighted by Crippen LogP contribution is -2.38. The topological polar surface area (TPSA) is 52.6 Å². The number of likely N-dealkylation sites (N-methyl/N-ethyl adjacent to an activating group) is 1. The summed E-state index contributed by atoms with van der Waals surface area (Å²) in [4.78, 5) is 13.1. The molecule has 4 nitrogen and oxygen atoms in total. The third-order valence-electron chi connectivity index (χ3n) is 3.85. The number of hydrogen-bond acceptors (Lipinski definition) is 2. The Hall–Kier alpha value is -1.55. The molecule has 0 saturated heterocycles. The Bertz CT molecular complexity index is 427. The SMILES string of the molecule is CCC(C)(C)c1ccc(CNC(=O)N(C)CCO)cc1. The molecule has 2 amide bonds. The van der Waals surface area contributed by atoms with Crippen LogP contribution in [0.2, 0.25) is 0 Å². The predicted molar refractivity (Wildman–Crippen MR) is 81.7 cm³/mol. The van der Waals surface area contributed by atoms with Crippen molar-refractivity contribution in [1.82, 2.24) is 10.2 Å². The summed E-state index contributed by atoms with van der Waals surface area (Å²) >= 11 is 0. The molecule has 0 aliphatic heterocycles. The second-order valence-corrected chi connectivity index (χ2v) is 5.74. The summed E-state index contributed by atoms with van der Waals surface area (Å²) in [5.74, 6) is 0. The molecule has 1 rings (SSSR count). The number of urea groups is 1. The first kappa shape index (κ1) is 16.5. The van der Waals surface area contributed by atoms with Gasteiger partial charge in [-0.05, 0) is 23.0 Å². The molecule has 0 unspecified atom stereocenters. The minimum absolute atomic E-state index is 0.0231. The zero-order valence-electron chi connectivity index (χ0n) is 12.9. The molecule has 0 aliphatic rings. The number of aliphatic hydroxyl groups excluding tert-OH is 1. The molecule has 0 aromatic heterocycles. The van der Waals surface area contributed by atoms with Gasteiger partial charge in [-0.25, -0.2) is 4.79 Å². The molecule has 20 heavy (non-hydrogen) atoms. The van der Waals surface area contributed by atoms with Gasteiger partial charge in [-0.1, -0.05) is 45.0 Å². The van der Waals surface area contributed by atoms with E-state index in [0.29, 0.717) is 13.1 Å². The summed E-state index contributed by atoms with van der Waals surface area (Å²) in [5.41, 5.74) is 2.57. The second-order valence-electron chi connectivity index (χ2n) is 5.74. The van der Waals surface area contributed by atoms with Gasteiger partial charge in [0.25, 0.3) is 0 Å². The van der Waals surface area contributed by atoms with Crippen molar-refractivity contribution in [2.45, 2.75) is 39.2 Å². The first-order chi connectivity index (χ1) is 9.40. The fraction of sp³-hybridized carbons (Fsp3) is 0.562. The third-order valence-corrected chi connectivity index (χ3v) is 3.85. The molecule has 0 saturated carbocycles. The molecule has 2 N–H and O–H groups in total. The summed E-state index contributed by atoms with van der Waals surface area (Å²) in [6, 6.07) is 8.19. The average Bonchev–Trinajstić information content (AvgIpc) is 2.45. The van der Waals surface area contributed by atoms with E-state index in [1.807, 2.05) is 0 Å². The number of nitrogens with zero attached hydrogens (tertiary/aromatic N) is 1. The van der Waals surface area contributed by atoms with Gasteiger partial charge in [0.05, 0.1) is 6.61 Å². The molecule has 0 heterocycles. The molecule has 4 heteroatoms. The van der Waals surface area contributed by atoms with E-state index in [0.717, 1.165) is 12.0 Å². The van der Waals surface area contributed by atoms with Gasteiger partial charge in [-0.15, -0.1) is 0 Å². The van der Waals surface area contributed by atoms with Crippen molar-refractivity contribution in [3.63, 3.8) is 0 Å². The fourth-order valence-corrected chi connectivity index (χ4v) is 1.84. The van der Waals surface area contributed by atoms with E-state index in [9.17, 15) is 4.79 Å². The molecule has 1 aromatic carbocycles. The molecule has 112 valence electrons. The molecular formula is C16H26N2O2. The smallest absolute Gasteiger partial charge is 0.317 e. The van der Waals surface area contributed by atoms with Gasteiger partial charge < -0.3 is 15.3 Å². The van der Waals surface area contributed by atoms with Crippen LogP contribution in [0, 0.1) is 0 Å². The molecule has 0 fully saturated rings. The monoisotopic (exact) mass is 278 g/mol. The van der Waals surface area contributed by atoms with Crippen molar-refractivity contribution in [2.75, 3.05) is 20.2 Å². The summed E-state index contributed by atoms with van der Waals surface area (Å²) in [6.45, 7) is 7.47. The summed E-state index contributed by atoms with van der Waals surface area (Å²) < 4.78 is 0. The number of carbonyl (C=O) groups excluding carboxylic acids is 1. The lowest BCUT2D eigenvalue weighted by Gasteiger charge is -2.23. The van der Waals surface area contributed by atoms with Crippen LogP contribution in [0.4, 0.5) is 4.79 Å². The molecule has 0 radical (unpaired) electrons.